The van der Waals surface area contributed by atoms with Crippen molar-refractivity contribution in [3.63, 3.8) is 0 Å². The summed E-state index contributed by atoms with van der Waals surface area (Å²) in [4.78, 5) is 40.3. The summed E-state index contributed by atoms with van der Waals surface area (Å²) in [6.07, 6.45) is 7.21. The molecule has 2 amide bonds. The average Bonchev–Trinajstić information content (AvgIpc) is 3.57. The molecule has 42 heavy (non-hydrogen) atoms. The highest BCUT2D eigenvalue weighted by Crippen LogP contribution is 2.35. The van der Waals surface area contributed by atoms with Crippen LogP contribution in [0.4, 0.5) is 0 Å². The number of nitrogens with zero attached hydrogens (tertiary/aromatic N) is 4. The van der Waals surface area contributed by atoms with Crippen molar-refractivity contribution in [2.75, 3.05) is 19.7 Å². The summed E-state index contributed by atoms with van der Waals surface area (Å²) >= 11 is 1.37. The number of aliphatic imine (C=N–C) groups is 1. The summed E-state index contributed by atoms with van der Waals surface area (Å²) < 4.78 is 7.76. The normalized spacial score (nSPS) is 16.1. The van der Waals surface area contributed by atoms with E-state index in [-0.39, 0.29) is 17.7 Å². The monoisotopic (exact) mass is 589 g/mol. The molecule has 2 aromatic carbocycles. The summed E-state index contributed by atoms with van der Waals surface area (Å²) in [5.41, 5.74) is 8.88. The van der Waals surface area contributed by atoms with Crippen molar-refractivity contribution in [1.29, 1.82) is 0 Å². The minimum absolute atomic E-state index is 0.114. The van der Waals surface area contributed by atoms with Crippen molar-refractivity contribution >= 4 is 40.8 Å². The molecule has 11 heteroatoms. The van der Waals surface area contributed by atoms with E-state index in [4.69, 9.17) is 25.5 Å². The Morgan fingerprint density at radius 3 is 2.52 bits per heavy atom. The lowest BCUT2D eigenvalue weighted by Gasteiger charge is -2.31. The van der Waals surface area contributed by atoms with E-state index < -0.39 is 5.97 Å². The van der Waals surface area contributed by atoms with Crippen LogP contribution in [-0.2, 0) is 14.4 Å². The van der Waals surface area contributed by atoms with Crippen LogP contribution in [0.1, 0.15) is 45.1 Å². The highest BCUT2D eigenvalue weighted by molar-refractivity contribution is 8.18. The number of likely N-dealkylation sites (tertiary alicyclic amines) is 1. The SMILES string of the molecule is CC(=O)O.CCCCOc1cccc(-c2nn(-c3ccccc3)cc2C=C2SC(N3CCC(C(N)=O)CC3)=NC2=O)c1. The highest BCUT2D eigenvalue weighted by Gasteiger charge is 2.31. The molecule has 220 valence electrons. The van der Waals surface area contributed by atoms with Crippen LogP contribution in [0.3, 0.4) is 0 Å². The maximum Gasteiger partial charge on any atom is 0.300 e. The van der Waals surface area contributed by atoms with Crippen molar-refractivity contribution in [2.24, 2.45) is 16.6 Å². The molecule has 3 aromatic rings. The van der Waals surface area contributed by atoms with Crippen molar-refractivity contribution in [1.82, 2.24) is 14.7 Å². The van der Waals surface area contributed by atoms with Crippen molar-refractivity contribution in [3.8, 4) is 22.7 Å². The van der Waals surface area contributed by atoms with E-state index in [0.29, 0.717) is 42.6 Å². The number of aromatic nitrogens is 2. The molecule has 1 fully saturated rings. The molecule has 3 N–H and O–H groups in total. The van der Waals surface area contributed by atoms with Gasteiger partial charge in [0.05, 0.1) is 17.2 Å². The summed E-state index contributed by atoms with van der Waals surface area (Å²) in [6, 6.07) is 17.8. The Bertz CT molecular complexity index is 1470. The molecular formula is C31H35N5O5S. The number of nitrogens with two attached hydrogens (primary N) is 1. The summed E-state index contributed by atoms with van der Waals surface area (Å²) in [7, 11) is 0. The number of ether oxygens (including phenoxy) is 1. The minimum atomic E-state index is -0.833. The van der Waals surface area contributed by atoms with Gasteiger partial charge in [-0.15, -0.1) is 0 Å². The first-order valence-corrected chi connectivity index (χ1v) is 14.7. The molecule has 0 saturated carbocycles. The van der Waals surface area contributed by atoms with Crippen LogP contribution >= 0.6 is 11.8 Å². The summed E-state index contributed by atoms with van der Waals surface area (Å²) in [5, 5.41) is 13.0. The zero-order valence-electron chi connectivity index (χ0n) is 23.7. The maximum atomic E-state index is 12.9. The van der Waals surface area contributed by atoms with Gasteiger partial charge in [-0.1, -0.05) is 43.7 Å². The molecule has 0 atom stereocenters. The fourth-order valence-corrected chi connectivity index (χ4v) is 5.48. The zero-order valence-corrected chi connectivity index (χ0v) is 24.5. The number of piperidine rings is 1. The molecule has 0 unspecified atom stereocenters. The Morgan fingerprint density at radius 1 is 1.14 bits per heavy atom. The zero-order chi connectivity index (χ0) is 30.1. The van der Waals surface area contributed by atoms with Crippen LogP contribution in [0.15, 0.2) is 70.7 Å². The third kappa shape index (κ3) is 8.10. The van der Waals surface area contributed by atoms with E-state index in [2.05, 4.69) is 16.8 Å². The van der Waals surface area contributed by atoms with Crippen molar-refractivity contribution < 1.29 is 24.2 Å². The summed E-state index contributed by atoms with van der Waals surface area (Å²) in [6.45, 7) is 5.19. The Kier molecular flexibility index (Phi) is 10.6. The molecule has 0 aliphatic carbocycles. The quantitative estimate of drug-likeness (QED) is 0.277. The number of rotatable bonds is 8. The largest absolute Gasteiger partial charge is 0.494 e. The lowest BCUT2D eigenvalue weighted by atomic mass is 9.97. The number of carboxylic acid groups (broad SMARTS) is 1. The Balaban J connectivity index is 0.000000952. The number of carbonyl (C=O) groups is 3. The Hall–Kier alpha value is -4.38. The standard InChI is InChI=1S/C29H31N5O3S.C2H4O2/c1-2-3-16-37-24-11-7-8-21(17-24)26-22(19-34(32-26)23-9-5-4-6-10-23)18-25-28(36)31-29(38-25)33-14-12-20(13-15-33)27(30)35;1-2(3)4/h4-11,17-20H,2-3,12-16H2,1H3,(H2,30,35);1H3,(H,3,4). The highest BCUT2D eigenvalue weighted by atomic mass is 32.2. The second-order valence-corrected chi connectivity index (χ2v) is 10.9. The molecule has 2 aliphatic rings. The van der Waals surface area contributed by atoms with E-state index >= 15 is 0 Å². The van der Waals surface area contributed by atoms with Crippen molar-refractivity contribution in [2.45, 2.75) is 39.5 Å². The van der Waals surface area contributed by atoms with E-state index in [0.717, 1.165) is 48.0 Å². The smallest absolute Gasteiger partial charge is 0.300 e. The second-order valence-electron chi connectivity index (χ2n) is 9.94. The number of primary amides is 1. The van der Waals surface area contributed by atoms with Crippen LogP contribution in [0.25, 0.3) is 23.0 Å². The number of thioether (sulfide) groups is 1. The molecule has 0 bridgehead atoms. The van der Waals surface area contributed by atoms with Crippen LogP contribution in [0, 0.1) is 5.92 Å². The number of aliphatic carboxylic acids is 1. The van der Waals surface area contributed by atoms with Gasteiger partial charge in [0.2, 0.25) is 5.91 Å². The van der Waals surface area contributed by atoms with Crippen LogP contribution in [0.5, 0.6) is 5.75 Å². The molecular weight excluding hydrogens is 554 g/mol. The number of para-hydroxylation sites is 1. The molecule has 1 saturated heterocycles. The number of amidine groups is 1. The first-order valence-electron chi connectivity index (χ1n) is 13.9. The third-order valence-electron chi connectivity index (χ3n) is 6.70. The van der Waals surface area contributed by atoms with Gasteiger partial charge in [0, 0.05) is 43.3 Å². The Labute approximate surface area is 249 Å². The summed E-state index contributed by atoms with van der Waals surface area (Å²) in [5.74, 6) is -0.681. The van der Waals surface area contributed by atoms with Crippen molar-refractivity contribution in [3.05, 3.63) is 71.3 Å². The molecule has 5 rings (SSSR count). The first-order chi connectivity index (χ1) is 20.2. The number of benzene rings is 2. The van der Waals surface area contributed by atoms with E-state index in [9.17, 15) is 9.59 Å². The van der Waals surface area contributed by atoms with Gasteiger partial charge in [-0.25, -0.2) is 4.68 Å². The molecule has 0 spiro atoms. The fourth-order valence-electron chi connectivity index (χ4n) is 4.53. The van der Waals surface area contributed by atoms with E-state index in [1.165, 1.54) is 11.8 Å². The van der Waals surface area contributed by atoms with Crippen LogP contribution in [0.2, 0.25) is 0 Å². The second kappa shape index (κ2) is 14.5. The van der Waals surface area contributed by atoms with Crippen LogP contribution in [-0.4, -0.2) is 62.4 Å². The predicted molar refractivity (Wildman–Crippen MR) is 164 cm³/mol. The van der Waals surface area contributed by atoms with Gasteiger partial charge in [0.25, 0.3) is 11.9 Å². The molecule has 0 radical (unpaired) electrons. The molecule has 10 nitrogen and oxygen atoms in total. The topological polar surface area (TPSA) is 140 Å². The predicted octanol–water partition coefficient (Wildman–Crippen LogP) is 4.98. The first kappa shape index (κ1) is 30.6. The van der Waals surface area contributed by atoms with E-state index in [1.807, 2.05) is 71.6 Å². The average molecular weight is 590 g/mol. The number of amides is 2. The third-order valence-corrected chi connectivity index (χ3v) is 7.75. The number of carbonyl (C=O) groups excluding carboxylic acids is 2. The number of hydrogen-bond acceptors (Lipinski definition) is 7. The fraction of sp³-hybridized carbons (Fsp3) is 0.323. The van der Waals surface area contributed by atoms with Gasteiger partial charge in [0.15, 0.2) is 5.17 Å². The van der Waals surface area contributed by atoms with Gasteiger partial charge >= 0.3 is 0 Å². The maximum absolute atomic E-state index is 12.9. The van der Waals surface area contributed by atoms with Gasteiger partial charge < -0.3 is 20.5 Å². The molecule has 3 heterocycles. The van der Waals surface area contributed by atoms with Gasteiger partial charge in [-0.05, 0) is 61.4 Å². The number of carboxylic acids is 1. The molecule has 2 aliphatic heterocycles. The van der Waals surface area contributed by atoms with Gasteiger partial charge in [0.1, 0.15) is 11.4 Å². The molecule has 1 aromatic heterocycles. The van der Waals surface area contributed by atoms with Gasteiger partial charge in [-0.3, -0.25) is 14.4 Å². The Morgan fingerprint density at radius 2 is 1.86 bits per heavy atom. The number of unbranched alkanes of at least 4 members (excludes halogenated alkanes) is 1. The minimum Gasteiger partial charge on any atom is -0.494 e. The lowest BCUT2D eigenvalue weighted by Crippen LogP contribution is -2.40. The van der Waals surface area contributed by atoms with E-state index in [1.54, 1.807) is 0 Å². The number of hydrogen-bond donors (Lipinski definition) is 2. The van der Waals surface area contributed by atoms with Crippen LogP contribution < -0.4 is 10.5 Å². The lowest BCUT2D eigenvalue weighted by molar-refractivity contribution is -0.134. The van der Waals surface area contributed by atoms with Gasteiger partial charge in [-0.2, -0.15) is 10.1 Å².